The lowest BCUT2D eigenvalue weighted by Gasteiger charge is -2.25. The van der Waals surface area contributed by atoms with Crippen LogP contribution in [0.3, 0.4) is 0 Å². The van der Waals surface area contributed by atoms with Crippen LogP contribution in [0.5, 0.6) is 5.75 Å². The van der Waals surface area contributed by atoms with E-state index < -0.39 is 0 Å². The first-order valence-electron chi connectivity index (χ1n) is 11.2. The van der Waals surface area contributed by atoms with Crippen LogP contribution >= 0.6 is 0 Å². The third-order valence-corrected chi connectivity index (χ3v) is 6.06. The van der Waals surface area contributed by atoms with Crippen molar-refractivity contribution in [3.8, 4) is 5.75 Å². The Bertz CT molecular complexity index is 1110. The molecule has 1 aromatic heterocycles. The van der Waals surface area contributed by atoms with Gasteiger partial charge in [0.1, 0.15) is 23.8 Å². The molecule has 11 heteroatoms. The number of hydrogen-bond acceptors (Lipinski definition) is 8. The summed E-state index contributed by atoms with van der Waals surface area (Å²) in [6, 6.07) is 5.63. The first kappa shape index (κ1) is 23.3. The molecule has 3 N–H and O–H groups in total. The quantitative estimate of drug-likeness (QED) is 0.568. The molecule has 2 amide bonds. The maximum Gasteiger partial charge on any atom is 0.410 e. The number of hydrogen-bond donors (Lipinski definition) is 3. The smallest absolute Gasteiger partial charge is 0.410 e. The lowest BCUT2D eigenvalue weighted by molar-refractivity contribution is -0.125. The molecule has 1 aromatic carbocycles. The SMILES string of the molecule is COc1ccc(COC(=O)N2CCN/C(=C\C(=N)C(=O)N3CCc4[nH]nnc4C3)CC2)c(C)c1. The summed E-state index contributed by atoms with van der Waals surface area (Å²) in [5.41, 5.74) is 4.25. The molecule has 2 aliphatic heterocycles. The van der Waals surface area contributed by atoms with Crippen molar-refractivity contribution >= 4 is 17.7 Å². The Hall–Kier alpha value is -3.89. The highest BCUT2D eigenvalue weighted by Crippen LogP contribution is 2.18. The monoisotopic (exact) mass is 467 g/mol. The fourth-order valence-electron chi connectivity index (χ4n) is 3.98. The predicted octanol–water partition coefficient (Wildman–Crippen LogP) is 1.54. The van der Waals surface area contributed by atoms with E-state index in [0.717, 1.165) is 34.0 Å². The number of ether oxygens (including phenoxy) is 2. The molecular weight excluding hydrogens is 438 g/mol. The highest BCUT2D eigenvalue weighted by atomic mass is 16.6. The second kappa shape index (κ2) is 10.4. The fraction of sp³-hybridized carbons (Fsp3) is 0.435. The Balaban J connectivity index is 1.28. The van der Waals surface area contributed by atoms with E-state index in [1.54, 1.807) is 23.0 Å². The van der Waals surface area contributed by atoms with Crippen molar-refractivity contribution in [2.24, 2.45) is 0 Å². The minimum Gasteiger partial charge on any atom is -0.497 e. The van der Waals surface area contributed by atoms with Gasteiger partial charge in [0.15, 0.2) is 0 Å². The third kappa shape index (κ3) is 5.36. The van der Waals surface area contributed by atoms with E-state index in [0.29, 0.717) is 45.6 Å². The maximum absolute atomic E-state index is 12.7. The summed E-state index contributed by atoms with van der Waals surface area (Å²) in [4.78, 5) is 28.6. The summed E-state index contributed by atoms with van der Waals surface area (Å²) in [5.74, 6) is 0.413. The molecule has 2 aromatic rings. The van der Waals surface area contributed by atoms with Crippen molar-refractivity contribution < 1.29 is 19.1 Å². The summed E-state index contributed by atoms with van der Waals surface area (Å²) in [7, 11) is 1.61. The number of methoxy groups -OCH3 is 1. The van der Waals surface area contributed by atoms with Gasteiger partial charge in [0.25, 0.3) is 5.91 Å². The molecule has 4 rings (SSSR count). The average molecular weight is 468 g/mol. The Kier molecular flexibility index (Phi) is 7.09. The zero-order chi connectivity index (χ0) is 24.1. The molecule has 0 aliphatic carbocycles. The van der Waals surface area contributed by atoms with Crippen molar-refractivity contribution in [3.05, 3.63) is 52.5 Å². The molecule has 34 heavy (non-hydrogen) atoms. The normalized spacial score (nSPS) is 16.9. The Morgan fingerprint density at radius 3 is 2.82 bits per heavy atom. The van der Waals surface area contributed by atoms with Gasteiger partial charge in [0.2, 0.25) is 0 Å². The highest BCUT2D eigenvalue weighted by Gasteiger charge is 2.25. The topological polar surface area (TPSA) is 137 Å². The summed E-state index contributed by atoms with van der Waals surface area (Å²) >= 11 is 0. The number of aryl methyl sites for hydroxylation is 1. The minimum atomic E-state index is -0.388. The summed E-state index contributed by atoms with van der Waals surface area (Å²) in [6.45, 7) is 4.41. The zero-order valence-corrected chi connectivity index (χ0v) is 19.4. The van der Waals surface area contributed by atoms with Crippen LogP contribution in [0, 0.1) is 12.3 Å². The van der Waals surface area contributed by atoms with Crippen molar-refractivity contribution in [2.75, 3.05) is 33.3 Å². The average Bonchev–Trinajstić information content (AvgIpc) is 3.19. The van der Waals surface area contributed by atoms with Crippen LogP contribution in [0.2, 0.25) is 0 Å². The molecule has 0 spiro atoms. The van der Waals surface area contributed by atoms with Gasteiger partial charge in [-0.05, 0) is 36.3 Å². The van der Waals surface area contributed by atoms with Crippen molar-refractivity contribution in [3.63, 3.8) is 0 Å². The Morgan fingerprint density at radius 2 is 2.03 bits per heavy atom. The fourth-order valence-corrected chi connectivity index (χ4v) is 3.98. The Labute approximate surface area is 197 Å². The van der Waals surface area contributed by atoms with Gasteiger partial charge in [0, 0.05) is 44.7 Å². The molecular formula is C23H29N7O4. The molecule has 0 saturated carbocycles. The molecule has 2 aliphatic rings. The lowest BCUT2D eigenvalue weighted by atomic mass is 10.1. The lowest BCUT2D eigenvalue weighted by Crippen LogP contribution is -2.39. The first-order valence-corrected chi connectivity index (χ1v) is 11.2. The number of aromatic nitrogens is 3. The van der Waals surface area contributed by atoms with Gasteiger partial charge < -0.3 is 24.6 Å². The van der Waals surface area contributed by atoms with Gasteiger partial charge in [-0.15, -0.1) is 5.10 Å². The number of aromatic amines is 1. The van der Waals surface area contributed by atoms with Crippen LogP contribution in [0.25, 0.3) is 0 Å². The third-order valence-electron chi connectivity index (χ3n) is 6.06. The van der Waals surface area contributed by atoms with E-state index in [9.17, 15) is 9.59 Å². The second-order valence-corrected chi connectivity index (χ2v) is 8.31. The zero-order valence-electron chi connectivity index (χ0n) is 19.4. The van der Waals surface area contributed by atoms with Crippen LogP contribution in [0.15, 0.2) is 30.0 Å². The Morgan fingerprint density at radius 1 is 1.21 bits per heavy atom. The van der Waals surface area contributed by atoms with Gasteiger partial charge in [-0.2, -0.15) is 0 Å². The van der Waals surface area contributed by atoms with Crippen LogP contribution < -0.4 is 10.1 Å². The molecule has 0 radical (unpaired) electrons. The molecule has 11 nitrogen and oxygen atoms in total. The number of carbonyl (C=O) groups excluding carboxylic acids is 2. The van der Waals surface area contributed by atoms with Crippen LogP contribution in [0.4, 0.5) is 4.79 Å². The number of fused-ring (bicyclic) bond motifs is 1. The van der Waals surface area contributed by atoms with Crippen LogP contribution in [0.1, 0.15) is 28.9 Å². The number of nitrogens with one attached hydrogen (secondary N) is 3. The van der Waals surface area contributed by atoms with Crippen LogP contribution in [-0.2, 0) is 29.1 Å². The molecule has 1 saturated heterocycles. The maximum atomic E-state index is 12.7. The van der Waals surface area contributed by atoms with Gasteiger partial charge in [-0.1, -0.05) is 11.3 Å². The van der Waals surface area contributed by atoms with Gasteiger partial charge in [-0.3, -0.25) is 15.3 Å². The standard InChI is InChI=1S/C23H29N7O4/c1-15-11-18(33-2)4-3-16(15)14-34-23(32)29-8-5-17(25-7-10-29)12-19(24)22(31)30-9-6-20-21(13-30)27-28-26-20/h3-4,11-12,24-25H,5-10,13-14H2,1-2H3,(H,26,27,28)/b17-12-,24-19?. The van der Waals surface area contributed by atoms with E-state index >= 15 is 0 Å². The minimum absolute atomic E-state index is 0.0968. The second-order valence-electron chi connectivity index (χ2n) is 8.31. The van der Waals surface area contributed by atoms with E-state index in [-0.39, 0.29) is 24.3 Å². The van der Waals surface area contributed by atoms with Crippen LogP contribution in [-0.4, -0.2) is 76.2 Å². The number of rotatable bonds is 5. The largest absolute Gasteiger partial charge is 0.497 e. The summed E-state index contributed by atoms with van der Waals surface area (Å²) in [6.07, 6.45) is 2.31. The first-order chi connectivity index (χ1) is 16.4. The molecule has 0 unspecified atom stereocenters. The summed E-state index contributed by atoms with van der Waals surface area (Å²) in [5, 5.41) is 22.1. The number of carbonyl (C=O) groups is 2. The molecule has 180 valence electrons. The van der Waals surface area contributed by atoms with E-state index in [2.05, 4.69) is 20.7 Å². The van der Waals surface area contributed by atoms with Crippen molar-refractivity contribution in [2.45, 2.75) is 32.9 Å². The molecule has 0 bridgehead atoms. The molecule has 0 atom stereocenters. The van der Waals surface area contributed by atoms with E-state index in [4.69, 9.17) is 14.9 Å². The molecule has 1 fully saturated rings. The highest BCUT2D eigenvalue weighted by molar-refractivity contribution is 6.42. The number of amides is 2. The molecule has 3 heterocycles. The van der Waals surface area contributed by atoms with Crippen molar-refractivity contribution in [1.82, 2.24) is 30.5 Å². The van der Waals surface area contributed by atoms with Crippen molar-refractivity contribution in [1.29, 1.82) is 5.41 Å². The number of nitrogens with zero attached hydrogens (tertiary/aromatic N) is 4. The van der Waals surface area contributed by atoms with Gasteiger partial charge >= 0.3 is 6.09 Å². The number of benzene rings is 1. The predicted molar refractivity (Wildman–Crippen MR) is 123 cm³/mol. The number of H-pyrrole nitrogens is 1. The van der Waals surface area contributed by atoms with E-state index in [1.807, 2.05) is 25.1 Å². The van der Waals surface area contributed by atoms with Gasteiger partial charge in [0.05, 0.1) is 19.3 Å². The van der Waals surface area contributed by atoms with Gasteiger partial charge in [-0.25, -0.2) is 4.79 Å². The van der Waals surface area contributed by atoms with E-state index in [1.165, 1.54) is 0 Å². The summed E-state index contributed by atoms with van der Waals surface area (Å²) < 4.78 is 10.7.